The summed E-state index contributed by atoms with van der Waals surface area (Å²) in [5.41, 5.74) is 0.487. The van der Waals surface area contributed by atoms with E-state index in [0.29, 0.717) is 12.2 Å². The van der Waals surface area contributed by atoms with Crippen LogP contribution in [0, 0.1) is 0 Å². The molecule has 0 unspecified atom stereocenters. The van der Waals surface area contributed by atoms with Crippen LogP contribution < -0.4 is 10.0 Å². The van der Waals surface area contributed by atoms with Crippen molar-refractivity contribution in [2.45, 2.75) is 62.8 Å². The molecule has 1 aliphatic rings. The maximum Gasteiger partial charge on any atom is 0.337 e. The number of benzene rings is 1. The van der Waals surface area contributed by atoms with E-state index in [2.05, 4.69) is 10.0 Å². The van der Waals surface area contributed by atoms with Gasteiger partial charge in [0.15, 0.2) is 0 Å². The van der Waals surface area contributed by atoms with Crippen molar-refractivity contribution in [2.24, 2.45) is 0 Å². The van der Waals surface area contributed by atoms with Gasteiger partial charge >= 0.3 is 5.97 Å². The Morgan fingerprint density at radius 2 is 1.96 bits per heavy atom. The monoisotopic (exact) mass is 354 g/mol. The number of aromatic carboxylic acids is 1. The van der Waals surface area contributed by atoms with Crippen LogP contribution in [0.1, 0.15) is 62.2 Å². The number of rotatable bonds is 8. The van der Waals surface area contributed by atoms with Crippen molar-refractivity contribution in [2.75, 3.05) is 11.9 Å². The van der Waals surface area contributed by atoms with Gasteiger partial charge in [-0.25, -0.2) is 17.9 Å². The highest BCUT2D eigenvalue weighted by atomic mass is 32.2. The highest BCUT2D eigenvalue weighted by molar-refractivity contribution is 7.89. The molecule has 0 aliphatic heterocycles. The van der Waals surface area contributed by atoms with E-state index in [1.165, 1.54) is 18.6 Å². The first-order valence-corrected chi connectivity index (χ1v) is 10.1. The van der Waals surface area contributed by atoms with E-state index in [4.69, 9.17) is 0 Å². The Hall–Kier alpha value is -1.60. The number of hydrogen-bond acceptors (Lipinski definition) is 4. The Kier molecular flexibility index (Phi) is 6.62. The molecule has 0 spiro atoms. The summed E-state index contributed by atoms with van der Waals surface area (Å²) in [4.78, 5) is 11.5. The third-order valence-corrected chi connectivity index (χ3v) is 5.78. The number of hydrogen-bond donors (Lipinski definition) is 3. The first-order chi connectivity index (χ1) is 11.4. The van der Waals surface area contributed by atoms with Gasteiger partial charge in [0, 0.05) is 18.3 Å². The number of unbranched alkanes of at least 4 members (excludes halogenated alkanes) is 1. The normalized spacial score (nSPS) is 16.0. The first kappa shape index (κ1) is 18.7. The third kappa shape index (κ3) is 4.95. The standard InChI is InChI=1S/C17H26N2O4S/c1-2-3-11-18-24(22,23)14-9-10-16(15(12-14)17(20)21)19-13-7-5-4-6-8-13/h9-10,12-13,18-19H,2-8,11H2,1H3,(H,20,21). The highest BCUT2D eigenvalue weighted by Crippen LogP contribution is 2.26. The Morgan fingerprint density at radius 1 is 1.25 bits per heavy atom. The second kappa shape index (κ2) is 8.48. The van der Waals surface area contributed by atoms with Gasteiger partial charge < -0.3 is 10.4 Å². The van der Waals surface area contributed by atoms with Crippen LogP contribution in [0.3, 0.4) is 0 Å². The maximum atomic E-state index is 12.3. The van der Waals surface area contributed by atoms with Crippen molar-refractivity contribution in [1.82, 2.24) is 4.72 Å². The Morgan fingerprint density at radius 3 is 2.58 bits per heavy atom. The molecule has 3 N–H and O–H groups in total. The second-order valence-corrected chi connectivity index (χ2v) is 8.01. The molecular formula is C17H26N2O4S. The first-order valence-electron chi connectivity index (χ1n) is 8.57. The summed E-state index contributed by atoms with van der Waals surface area (Å²) in [6, 6.07) is 4.52. The summed E-state index contributed by atoms with van der Waals surface area (Å²) in [6.45, 7) is 2.33. The molecular weight excluding hydrogens is 328 g/mol. The summed E-state index contributed by atoms with van der Waals surface area (Å²) in [5.74, 6) is -1.13. The molecule has 0 aromatic heterocycles. The number of carboxylic acids is 1. The second-order valence-electron chi connectivity index (χ2n) is 6.24. The van der Waals surface area contributed by atoms with Gasteiger partial charge in [0.1, 0.15) is 0 Å². The molecule has 0 heterocycles. The fourth-order valence-electron chi connectivity index (χ4n) is 2.93. The molecule has 7 heteroatoms. The molecule has 1 saturated carbocycles. The zero-order valence-electron chi connectivity index (χ0n) is 14.0. The van der Waals surface area contributed by atoms with E-state index in [0.717, 1.165) is 38.5 Å². The summed E-state index contributed by atoms with van der Waals surface area (Å²) in [7, 11) is -3.68. The summed E-state index contributed by atoms with van der Waals surface area (Å²) in [5, 5.41) is 12.7. The van der Waals surface area contributed by atoms with Crippen LogP contribution in [-0.2, 0) is 10.0 Å². The Labute approximate surface area is 143 Å². The molecule has 0 bridgehead atoms. The minimum atomic E-state index is -3.68. The van der Waals surface area contributed by atoms with Gasteiger partial charge in [-0.2, -0.15) is 0 Å². The van der Waals surface area contributed by atoms with Crippen molar-refractivity contribution in [1.29, 1.82) is 0 Å². The predicted octanol–water partition coefficient (Wildman–Crippen LogP) is 3.21. The number of nitrogens with one attached hydrogen (secondary N) is 2. The lowest BCUT2D eigenvalue weighted by molar-refractivity contribution is 0.0697. The van der Waals surface area contributed by atoms with Gasteiger partial charge in [-0.15, -0.1) is 0 Å². The lowest BCUT2D eigenvalue weighted by Crippen LogP contribution is -2.26. The zero-order valence-corrected chi connectivity index (χ0v) is 14.9. The van der Waals surface area contributed by atoms with Crippen LogP contribution in [-0.4, -0.2) is 32.1 Å². The minimum Gasteiger partial charge on any atom is -0.478 e. The maximum absolute atomic E-state index is 12.3. The van der Waals surface area contributed by atoms with E-state index in [1.54, 1.807) is 6.07 Å². The van der Waals surface area contributed by atoms with Crippen molar-refractivity contribution in [3.05, 3.63) is 23.8 Å². The molecule has 1 aromatic carbocycles. The van der Waals surface area contributed by atoms with Crippen LogP contribution in [0.25, 0.3) is 0 Å². The van der Waals surface area contributed by atoms with Gasteiger partial charge in [-0.3, -0.25) is 0 Å². The van der Waals surface area contributed by atoms with Crippen LogP contribution in [0.4, 0.5) is 5.69 Å². The van der Waals surface area contributed by atoms with Gasteiger partial charge in [0.25, 0.3) is 0 Å². The smallest absolute Gasteiger partial charge is 0.337 e. The molecule has 1 aromatic rings. The summed E-state index contributed by atoms with van der Waals surface area (Å²) >= 11 is 0. The molecule has 0 atom stereocenters. The van der Waals surface area contributed by atoms with Crippen molar-refractivity contribution in [3.63, 3.8) is 0 Å². The van der Waals surface area contributed by atoms with Crippen molar-refractivity contribution >= 4 is 21.7 Å². The number of carboxylic acid groups (broad SMARTS) is 1. The third-order valence-electron chi connectivity index (χ3n) is 4.32. The van der Waals surface area contributed by atoms with Crippen LogP contribution in [0.5, 0.6) is 0 Å². The number of sulfonamides is 1. The predicted molar refractivity (Wildman–Crippen MR) is 94.0 cm³/mol. The number of anilines is 1. The van der Waals surface area contributed by atoms with Crippen molar-refractivity contribution < 1.29 is 18.3 Å². The molecule has 0 saturated heterocycles. The molecule has 24 heavy (non-hydrogen) atoms. The number of carbonyl (C=O) groups is 1. The zero-order chi connectivity index (χ0) is 17.6. The van der Waals surface area contributed by atoms with Gasteiger partial charge in [-0.1, -0.05) is 32.6 Å². The lowest BCUT2D eigenvalue weighted by Gasteiger charge is -2.24. The molecule has 2 rings (SSSR count). The largest absolute Gasteiger partial charge is 0.478 e. The van der Waals surface area contributed by atoms with E-state index in [1.807, 2.05) is 6.92 Å². The topological polar surface area (TPSA) is 95.5 Å². The van der Waals surface area contributed by atoms with Crippen LogP contribution in [0.2, 0.25) is 0 Å². The van der Waals surface area contributed by atoms with Gasteiger partial charge in [0.05, 0.1) is 10.5 Å². The lowest BCUT2D eigenvalue weighted by atomic mass is 9.95. The van der Waals surface area contributed by atoms with Crippen LogP contribution >= 0.6 is 0 Å². The fourth-order valence-corrected chi connectivity index (χ4v) is 4.03. The summed E-state index contributed by atoms with van der Waals surface area (Å²) < 4.78 is 27.0. The molecule has 6 nitrogen and oxygen atoms in total. The van der Waals surface area contributed by atoms with E-state index in [-0.39, 0.29) is 16.5 Å². The Balaban J connectivity index is 2.20. The quantitative estimate of drug-likeness (QED) is 0.623. The summed E-state index contributed by atoms with van der Waals surface area (Å²) in [6.07, 6.45) is 7.13. The Bertz CT molecular complexity index is 667. The van der Waals surface area contributed by atoms with Crippen molar-refractivity contribution in [3.8, 4) is 0 Å². The van der Waals surface area contributed by atoms with Gasteiger partial charge in [0.2, 0.25) is 10.0 Å². The highest BCUT2D eigenvalue weighted by Gasteiger charge is 2.21. The minimum absolute atomic E-state index is 0.000981. The molecule has 0 amide bonds. The van der Waals surface area contributed by atoms with E-state index in [9.17, 15) is 18.3 Å². The average molecular weight is 354 g/mol. The molecule has 1 fully saturated rings. The van der Waals surface area contributed by atoms with E-state index >= 15 is 0 Å². The van der Waals surface area contributed by atoms with Gasteiger partial charge in [-0.05, 0) is 37.5 Å². The molecule has 1 aliphatic carbocycles. The fraction of sp³-hybridized carbons (Fsp3) is 0.588. The van der Waals surface area contributed by atoms with E-state index < -0.39 is 16.0 Å². The average Bonchev–Trinajstić information content (AvgIpc) is 2.56. The SMILES string of the molecule is CCCCNS(=O)(=O)c1ccc(NC2CCCCC2)c(C(=O)O)c1. The van der Waals surface area contributed by atoms with Crippen LogP contribution in [0.15, 0.2) is 23.1 Å². The molecule has 134 valence electrons. The molecule has 0 radical (unpaired) electrons.